The van der Waals surface area contributed by atoms with E-state index in [4.69, 9.17) is 10.3 Å². The maximum Gasteiger partial charge on any atom is 0.141 e. The molecule has 0 fully saturated rings. The third-order valence-corrected chi connectivity index (χ3v) is 2.43. The Morgan fingerprint density at radius 2 is 1.93 bits per heavy atom. The molecular formula is C12H14N2O. The van der Waals surface area contributed by atoms with Crippen molar-refractivity contribution in [3.63, 3.8) is 0 Å². The van der Waals surface area contributed by atoms with E-state index in [2.05, 4.69) is 17.3 Å². The molecule has 2 aromatic rings. The Morgan fingerprint density at radius 3 is 2.67 bits per heavy atom. The summed E-state index contributed by atoms with van der Waals surface area (Å²) < 4.78 is 5.15. The Kier molecular flexibility index (Phi) is 3.15. The number of hydrogen-bond donors (Lipinski definition) is 1. The molecule has 0 radical (unpaired) electrons. The van der Waals surface area contributed by atoms with Crippen LogP contribution in [-0.4, -0.2) is 5.16 Å². The predicted molar refractivity (Wildman–Crippen MR) is 58.2 cm³/mol. The quantitative estimate of drug-likeness (QED) is 0.824. The monoisotopic (exact) mass is 202 g/mol. The van der Waals surface area contributed by atoms with Crippen molar-refractivity contribution in [3.05, 3.63) is 53.4 Å². The van der Waals surface area contributed by atoms with Gasteiger partial charge in [0, 0.05) is 18.5 Å². The summed E-state index contributed by atoms with van der Waals surface area (Å²) in [6, 6.07) is 10.3. The molecule has 0 aliphatic carbocycles. The van der Waals surface area contributed by atoms with Gasteiger partial charge in [-0.1, -0.05) is 35.5 Å². The van der Waals surface area contributed by atoms with Crippen LogP contribution in [0.15, 0.2) is 41.1 Å². The maximum absolute atomic E-state index is 5.56. The number of aromatic nitrogens is 1. The summed E-state index contributed by atoms with van der Waals surface area (Å²) in [5.41, 5.74) is 7.87. The highest BCUT2D eigenvalue weighted by Gasteiger charge is 2.05. The van der Waals surface area contributed by atoms with E-state index >= 15 is 0 Å². The predicted octanol–water partition coefficient (Wildman–Crippen LogP) is 1.92. The van der Waals surface area contributed by atoms with Gasteiger partial charge in [0.15, 0.2) is 0 Å². The van der Waals surface area contributed by atoms with E-state index in [9.17, 15) is 0 Å². The molecule has 78 valence electrons. The van der Waals surface area contributed by atoms with Gasteiger partial charge in [-0.25, -0.2) is 0 Å². The van der Waals surface area contributed by atoms with Crippen LogP contribution in [0.1, 0.15) is 16.9 Å². The molecule has 0 saturated carbocycles. The van der Waals surface area contributed by atoms with Crippen molar-refractivity contribution in [2.75, 3.05) is 0 Å². The van der Waals surface area contributed by atoms with Crippen molar-refractivity contribution < 1.29 is 4.52 Å². The molecule has 2 N–H and O–H groups in total. The second-order valence-electron chi connectivity index (χ2n) is 3.46. The van der Waals surface area contributed by atoms with Crippen molar-refractivity contribution in [3.8, 4) is 0 Å². The van der Waals surface area contributed by atoms with Crippen LogP contribution in [0.4, 0.5) is 0 Å². The van der Waals surface area contributed by atoms with Gasteiger partial charge in [0.2, 0.25) is 0 Å². The highest BCUT2D eigenvalue weighted by Crippen LogP contribution is 2.11. The molecule has 0 unspecified atom stereocenters. The number of benzene rings is 1. The lowest BCUT2D eigenvalue weighted by molar-refractivity contribution is 0.381. The molecule has 3 nitrogen and oxygen atoms in total. The maximum atomic E-state index is 5.56. The van der Waals surface area contributed by atoms with Crippen molar-refractivity contribution >= 4 is 0 Å². The van der Waals surface area contributed by atoms with Gasteiger partial charge in [0.05, 0.1) is 6.20 Å². The van der Waals surface area contributed by atoms with E-state index in [1.54, 1.807) is 6.20 Å². The molecule has 15 heavy (non-hydrogen) atoms. The van der Waals surface area contributed by atoms with Crippen LogP contribution < -0.4 is 5.73 Å². The molecule has 0 aliphatic rings. The Balaban J connectivity index is 1.99. The summed E-state index contributed by atoms with van der Waals surface area (Å²) in [6.45, 7) is 0.494. The minimum atomic E-state index is 0.494. The van der Waals surface area contributed by atoms with Gasteiger partial charge in [-0.15, -0.1) is 0 Å². The Hall–Kier alpha value is -1.61. The molecule has 0 atom stereocenters. The average molecular weight is 202 g/mol. The Bertz CT molecular complexity index is 409. The SMILES string of the molecule is NCc1cnoc1CCc1ccccc1. The molecule has 0 amide bonds. The fourth-order valence-corrected chi connectivity index (χ4v) is 1.56. The number of rotatable bonds is 4. The van der Waals surface area contributed by atoms with Crippen molar-refractivity contribution in [1.82, 2.24) is 5.16 Å². The average Bonchev–Trinajstić information content (AvgIpc) is 2.75. The minimum absolute atomic E-state index is 0.494. The first-order valence-corrected chi connectivity index (χ1v) is 5.06. The first-order valence-electron chi connectivity index (χ1n) is 5.06. The van der Waals surface area contributed by atoms with E-state index in [1.165, 1.54) is 5.56 Å². The lowest BCUT2D eigenvalue weighted by Gasteiger charge is -1.99. The molecule has 0 spiro atoms. The van der Waals surface area contributed by atoms with Crippen molar-refractivity contribution in [2.24, 2.45) is 5.73 Å². The smallest absolute Gasteiger partial charge is 0.141 e. The standard InChI is InChI=1S/C12H14N2O/c13-8-11-9-14-15-12(11)7-6-10-4-2-1-3-5-10/h1-5,9H,6-8,13H2. The van der Waals surface area contributed by atoms with E-state index < -0.39 is 0 Å². The summed E-state index contributed by atoms with van der Waals surface area (Å²) in [7, 11) is 0. The van der Waals surface area contributed by atoms with E-state index in [1.807, 2.05) is 18.2 Å². The molecule has 1 aromatic carbocycles. The number of nitrogens with two attached hydrogens (primary N) is 1. The highest BCUT2D eigenvalue weighted by atomic mass is 16.5. The summed E-state index contributed by atoms with van der Waals surface area (Å²) in [4.78, 5) is 0. The third kappa shape index (κ3) is 2.44. The van der Waals surface area contributed by atoms with Gasteiger partial charge < -0.3 is 10.3 Å². The van der Waals surface area contributed by atoms with Crippen LogP contribution in [0.5, 0.6) is 0 Å². The van der Waals surface area contributed by atoms with Crippen LogP contribution >= 0.6 is 0 Å². The first kappa shape index (κ1) is 9.93. The van der Waals surface area contributed by atoms with Gasteiger partial charge in [-0.2, -0.15) is 0 Å². The Morgan fingerprint density at radius 1 is 1.13 bits per heavy atom. The van der Waals surface area contributed by atoms with Crippen LogP contribution in [0.25, 0.3) is 0 Å². The number of nitrogens with zero attached hydrogens (tertiary/aromatic N) is 1. The van der Waals surface area contributed by atoms with Crippen molar-refractivity contribution in [1.29, 1.82) is 0 Å². The zero-order valence-corrected chi connectivity index (χ0v) is 8.52. The number of aryl methyl sites for hydroxylation is 2. The van der Waals surface area contributed by atoms with Crippen LogP contribution in [0.2, 0.25) is 0 Å². The fraction of sp³-hybridized carbons (Fsp3) is 0.250. The molecular weight excluding hydrogens is 188 g/mol. The Labute approximate surface area is 88.9 Å². The number of hydrogen-bond acceptors (Lipinski definition) is 3. The van der Waals surface area contributed by atoms with Gasteiger partial charge in [0.25, 0.3) is 0 Å². The van der Waals surface area contributed by atoms with Crippen LogP contribution in [0.3, 0.4) is 0 Å². The molecule has 3 heteroatoms. The van der Waals surface area contributed by atoms with E-state index in [0.29, 0.717) is 6.54 Å². The van der Waals surface area contributed by atoms with Gasteiger partial charge in [0.1, 0.15) is 5.76 Å². The molecule has 1 heterocycles. The fourth-order valence-electron chi connectivity index (χ4n) is 1.56. The first-order chi connectivity index (χ1) is 7.40. The van der Waals surface area contributed by atoms with Crippen LogP contribution in [0, 0.1) is 0 Å². The second-order valence-corrected chi connectivity index (χ2v) is 3.46. The molecule has 0 aliphatic heterocycles. The topological polar surface area (TPSA) is 52.0 Å². The third-order valence-electron chi connectivity index (χ3n) is 2.43. The largest absolute Gasteiger partial charge is 0.361 e. The molecule has 1 aromatic heterocycles. The van der Waals surface area contributed by atoms with Gasteiger partial charge in [-0.05, 0) is 12.0 Å². The van der Waals surface area contributed by atoms with Gasteiger partial charge >= 0.3 is 0 Å². The normalized spacial score (nSPS) is 10.5. The van der Waals surface area contributed by atoms with Crippen LogP contribution in [-0.2, 0) is 19.4 Å². The minimum Gasteiger partial charge on any atom is -0.361 e. The van der Waals surface area contributed by atoms with Gasteiger partial charge in [-0.3, -0.25) is 0 Å². The summed E-state index contributed by atoms with van der Waals surface area (Å²) in [6.07, 6.45) is 3.51. The zero-order chi connectivity index (χ0) is 10.5. The highest BCUT2D eigenvalue weighted by molar-refractivity contribution is 5.18. The van der Waals surface area contributed by atoms with E-state index in [0.717, 1.165) is 24.2 Å². The lowest BCUT2D eigenvalue weighted by Crippen LogP contribution is -1.99. The zero-order valence-electron chi connectivity index (χ0n) is 8.52. The summed E-state index contributed by atoms with van der Waals surface area (Å²) in [5, 5.41) is 3.75. The lowest BCUT2D eigenvalue weighted by atomic mass is 10.1. The second kappa shape index (κ2) is 4.75. The molecule has 0 saturated heterocycles. The molecule has 2 rings (SSSR count). The van der Waals surface area contributed by atoms with Crippen molar-refractivity contribution in [2.45, 2.75) is 19.4 Å². The molecule has 0 bridgehead atoms. The summed E-state index contributed by atoms with van der Waals surface area (Å²) >= 11 is 0. The summed E-state index contributed by atoms with van der Waals surface area (Å²) in [5.74, 6) is 0.904. The van der Waals surface area contributed by atoms with E-state index in [-0.39, 0.29) is 0 Å².